The molecular formula is C18H22BrNO. The summed E-state index contributed by atoms with van der Waals surface area (Å²) in [6.45, 7) is 6.01. The molecule has 0 heterocycles. The Morgan fingerprint density at radius 2 is 1.76 bits per heavy atom. The molecule has 0 spiro atoms. The Kier molecular flexibility index (Phi) is 5.04. The summed E-state index contributed by atoms with van der Waals surface area (Å²) in [6, 6.07) is 8.37. The third-order valence-corrected chi connectivity index (χ3v) is 3.95. The van der Waals surface area contributed by atoms with Crippen molar-refractivity contribution in [2.45, 2.75) is 44.5 Å². The van der Waals surface area contributed by atoms with Gasteiger partial charge in [-0.25, -0.2) is 0 Å². The second-order valence-corrected chi connectivity index (χ2v) is 6.91. The molecule has 1 amide bonds. The lowest BCUT2D eigenvalue weighted by Gasteiger charge is -2.24. The fourth-order valence-corrected chi connectivity index (χ4v) is 2.72. The van der Waals surface area contributed by atoms with Gasteiger partial charge in [0, 0.05) is 16.4 Å². The van der Waals surface area contributed by atoms with Crippen LogP contribution in [-0.4, -0.2) is 11.4 Å². The van der Waals surface area contributed by atoms with Crippen molar-refractivity contribution in [3.8, 4) is 0 Å². The summed E-state index contributed by atoms with van der Waals surface area (Å²) in [5.74, 6) is 0.0121. The predicted molar refractivity (Wildman–Crippen MR) is 92.3 cm³/mol. The van der Waals surface area contributed by atoms with Gasteiger partial charge in [0.1, 0.15) is 0 Å². The average Bonchev–Trinajstić information content (AvgIpc) is 2.45. The summed E-state index contributed by atoms with van der Waals surface area (Å²) < 4.78 is 0. The van der Waals surface area contributed by atoms with Gasteiger partial charge < -0.3 is 5.32 Å². The van der Waals surface area contributed by atoms with E-state index in [0.29, 0.717) is 0 Å². The van der Waals surface area contributed by atoms with Crippen molar-refractivity contribution in [1.29, 1.82) is 0 Å². The molecule has 2 nitrogen and oxygen atoms in total. The SMILES string of the molecule is CC(C)(C)NC(=O)C1=CCCC=C1c1ccc(CBr)cc1. The van der Waals surface area contributed by atoms with Crippen molar-refractivity contribution in [3.05, 3.63) is 53.1 Å². The first-order valence-electron chi connectivity index (χ1n) is 7.29. The Morgan fingerprint density at radius 1 is 1.14 bits per heavy atom. The molecule has 0 aliphatic heterocycles. The zero-order valence-corrected chi connectivity index (χ0v) is 14.5. The second kappa shape index (κ2) is 6.61. The number of carbonyl (C=O) groups is 1. The zero-order valence-electron chi connectivity index (χ0n) is 12.9. The van der Waals surface area contributed by atoms with E-state index in [4.69, 9.17) is 0 Å². The van der Waals surface area contributed by atoms with Crippen LogP contribution in [0.5, 0.6) is 0 Å². The number of nitrogens with one attached hydrogen (secondary N) is 1. The van der Waals surface area contributed by atoms with Crippen LogP contribution < -0.4 is 5.32 Å². The number of benzene rings is 1. The van der Waals surface area contributed by atoms with Crippen molar-refractivity contribution in [2.75, 3.05) is 0 Å². The molecule has 0 unspecified atom stereocenters. The maximum Gasteiger partial charge on any atom is 0.251 e. The molecule has 2 rings (SSSR count). The van der Waals surface area contributed by atoms with Crippen LogP contribution in [0.2, 0.25) is 0 Å². The molecule has 3 heteroatoms. The molecule has 1 aromatic rings. The molecule has 1 aromatic carbocycles. The maximum atomic E-state index is 12.5. The van der Waals surface area contributed by atoms with E-state index in [-0.39, 0.29) is 11.4 Å². The summed E-state index contributed by atoms with van der Waals surface area (Å²) in [5, 5.41) is 3.90. The molecule has 0 aromatic heterocycles. The van der Waals surface area contributed by atoms with E-state index in [0.717, 1.165) is 34.9 Å². The molecule has 112 valence electrons. The zero-order chi connectivity index (χ0) is 15.5. The number of alkyl halides is 1. The van der Waals surface area contributed by atoms with E-state index < -0.39 is 0 Å². The van der Waals surface area contributed by atoms with Crippen molar-refractivity contribution in [3.63, 3.8) is 0 Å². The van der Waals surface area contributed by atoms with Gasteiger partial charge in [-0.3, -0.25) is 4.79 Å². The van der Waals surface area contributed by atoms with Crippen molar-refractivity contribution >= 4 is 27.4 Å². The minimum Gasteiger partial charge on any atom is -0.347 e. The lowest BCUT2D eigenvalue weighted by atomic mass is 9.90. The molecule has 1 N–H and O–H groups in total. The molecular weight excluding hydrogens is 326 g/mol. The smallest absolute Gasteiger partial charge is 0.251 e. The number of halogens is 1. The summed E-state index contributed by atoms with van der Waals surface area (Å²) in [6.07, 6.45) is 6.13. The van der Waals surface area contributed by atoms with Crippen LogP contribution in [0.15, 0.2) is 42.0 Å². The highest BCUT2D eigenvalue weighted by Crippen LogP contribution is 2.29. The minimum absolute atomic E-state index is 0.0121. The Bertz CT molecular complexity index is 576. The Balaban J connectivity index is 2.26. The molecule has 1 aliphatic rings. The lowest BCUT2D eigenvalue weighted by molar-refractivity contribution is -0.118. The summed E-state index contributed by atoms with van der Waals surface area (Å²) >= 11 is 3.46. The van der Waals surface area contributed by atoms with Crippen LogP contribution in [0.4, 0.5) is 0 Å². The van der Waals surface area contributed by atoms with Gasteiger partial charge in [0.15, 0.2) is 0 Å². The average molecular weight is 348 g/mol. The normalized spacial score (nSPS) is 15.2. The van der Waals surface area contributed by atoms with Crippen molar-refractivity contribution in [1.82, 2.24) is 5.32 Å². The van der Waals surface area contributed by atoms with Crippen molar-refractivity contribution in [2.24, 2.45) is 0 Å². The van der Waals surface area contributed by atoms with Gasteiger partial charge in [0.05, 0.1) is 0 Å². The molecule has 21 heavy (non-hydrogen) atoms. The number of rotatable bonds is 3. The van der Waals surface area contributed by atoms with Gasteiger partial charge in [0.2, 0.25) is 0 Å². The van der Waals surface area contributed by atoms with Crippen LogP contribution >= 0.6 is 15.9 Å². The summed E-state index contributed by atoms with van der Waals surface area (Å²) in [7, 11) is 0. The Hall–Kier alpha value is -1.35. The number of carbonyl (C=O) groups excluding carboxylic acids is 1. The molecule has 0 saturated heterocycles. The van der Waals surface area contributed by atoms with E-state index in [2.05, 4.69) is 57.7 Å². The van der Waals surface area contributed by atoms with E-state index in [1.807, 2.05) is 20.8 Å². The van der Waals surface area contributed by atoms with Crippen LogP contribution in [0.3, 0.4) is 0 Å². The monoisotopic (exact) mass is 347 g/mol. The van der Waals surface area contributed by atoms with E-state index in [9.17, 15) is 4.79 Å². The van der Waals surface area contributed by atoms with Crippen LogP contribution in [0, 0.1) is 0 Å². The largest absolute Gasteiger partial charge is 0.347 e. The summed E-state index contributed by atoms with van der Waals surface area (Å²) in [4.78, 5) is 12.5. The third kappa shape index (κ3) is 4.31. The van der Waals surface area contributed by atoms with Gasteiger partial charge in [-0.2, -0.15) is 0 Å². The van der Waals surface area contributed by atoms with Gasteiger partial charge >= 0.3 is 0 Å². The molecule has 0 saturated carbocycles. The molecule has 0 radical (unpaired) electrons. The standard InChI is InChI=1S/C18H22BrNO/c1-18(2,3)20-17(21)16-7-5-4-6-15(16)14-10-8-13(12-19)9-11-14/h6-11H,4-5,12H2,1-3H3,(H,20,21). The van der Waals surface area contributed by atoms with E-state index >= 15 is 0 Å². The van der Waals surface area contributed by atoms with Gasteiger partial charge in [0.25, 0.3) is 5.91 Å². The topological polar surface area (TPSA) is 29.1 Å². The van der Waals surface area contributed by atoms with Crippen LogP contribution in [-0.2, 0) is 10.1 Å². The Labute approximate surface area is 135 Å². The fourth-order valence-electron chi connectivity index (χ4n) is 2.34. The fraction of sp³-hybridized carbons (Fsp3) is 0.389. The van der Waals surface area contributed by atoms with Crippen molar-refractivity contribution < 1.29 is 4.79 Å². The number of hydrogen-bond donors (Lipinski definition) is 1. The highest BCUT2D eigenvalue weighted by molar-refractivity contribution is 9.08. The van der Waals surface area contributed by atoms with Gasteiger partial charge in [-0.05, 0) is 50.3 Å². The molecule has 0 atom stereocenters. The first-order valence-corrected chi connectivity index (χ1v) is 8.41. The lowest BCUT2D eigenvalue weighted by Crippen LogP contribution is -2.41. The Morgan fingerprint density at radius 3 is 2.33 bits per heavy atom. The van der Waals surface area contributed by atoms with E-state index in [1.165, 1.54) is 5.56 Å². The van der Waals surface area contributed by atoms with Gasteiger partial charge in [-0.15, -0.1) is 0 Å². The molecule has 1 aliphatic carbocycles. The highest BCUT2D eigenvalue weighted by Gasteiger charge is 2.22. The van der Waals surface area contributed by atoms with Crippen LogP contribution in [0.25, 0.3) is 5.57 Å². The highest BCUT2D eigenvalue weighted by atomic mass is 79.9. The first-order chi connectivity index (χ1) is 9.90. The van der Waals surface area contributed by atoms with E-state index in [1.54, 1.807) is 0 Å². The number of amides is 1. The molecule has 0 bridgehead atoms. The maximum absolute atomic E-state index is 12.5. The number of allylic oxidation sites excluding steroid dienone is 2. The quantitative estimate of drug-likeness (QED) is 0.795. The summed E-state index contributed by atoms with van der Waals surface area (Å²) in [5.41, 5.74) is 3.96. The van der Waals surface area contributed by atoms with Crippen LogP contribution in [0.1, 0.15) is 44.7 Å². The molecule has 0 fully saturated rings. The third-order valence-electron chi connectivity index (χ3n) is 3.31. The second-order valence-electron chi connectivity index (χ2n) is 6.35. The number of hydrogen-bond acceptors (Lipinski definition) is 1. The predicted octanol–water partition coefficient (Wildman–Crippen LogP) is 4.60. The minimum atomic E-state index is -0.222. The van der Waals surface area contributed by atoms with Gasteiger partial charge in [-0.1, -0.05) is 52.3 Å². The first kappa shape index (κ1) is 16.0.